The molecule has 2 saturated heterocycles. The second-order valence-corrected chi connectivity index (χ2v) is 9.50. The molecule has 162 valence electrons. The molecule has 33 heavy (non-hydrogen) atoms. The van der Waals surface area contributed by atoms with Crippen molar-refractivity contribution in [2.24, 2.45) is 5.41 Å². The van der Waals surface area contributed by atoms with Crippen molar-refractivity contribution < 1.29 is 0 Å². The molecule has 3 aliphatic rings. The van der Waals surface area contributed by atoms with Crippen molar-refractivity contribution in [2.45, 2.75) is 13.0 Å². The van der Waals surface area contributed by atoms with Gasteiger partial charge in [-0.1, -0.05) is 12.1 Å². The van der Waals surface area contributed by atoms with Gasteiger partial charge in [0, 0.05) is 67.9 Å². The van der Waals surface area contributed by atoms with E-state index in [1.54, 1.807) is 0 Å². The second kappa shape index (κ2) is 6.80. The average molecular weight is 434 g/mol. The Morgan fingerprint density at radius 1 is 1.06 bits per heavy atom. The van der Waals surface area contributed by atoms with Crippen LogP contribution >= 0.6 is 0 Å². The molecule has 4 aromatic rings. The summed E-state index contributed by atoms with van der Waals surface area (Å²) in [7, 11) is 0. The van der Waals surface area contributed by atoms with Gasteiger partial charge >= 0.3 is 0 Å². The minimum Gasteiger partial charge on any atom is -0.356 e. The van der Waals surface area contributed by atoms with Crippen LogP contribution in [0.3, 0.4) is 0 Å². The van der Waals surface area contributed by atoms with Gasteiger partial charge in [-0.15, -0.1) is 0 Å². The van der Waals surface area contributed by atoms with Crippen molar-refractivity contribution >= 4 is 5.82 Å². The summed E-state index contributed by atoms with van der Waals surface area (Å²) in [6.45, 7) is 5.16. The first-order valence-electron chi connectivity index (χ1n) is 11.4. The number of hydrogen-bond donors (Lipinski definition) is 1. The Bertz CT molecular complexity index is 1420. The molecule has 0 unspecified atom stereocenters. The third kappa shape index (κ3) is 2.84. The summed E-state index contributed by atoms with van der Waals surface area (Å²) in [5, 5.41) is 12.6. The second-order valence-electron chi connectivity index (χ2n) is 9.50. The minimum atomic E-state index is 0.440. The normalized spacial score (nSPS) is 17.6. The SMILES string of the molecule is N#Cc1ccc(-c2cc3n(c2)Cc2cc(N4CCC5(CNC5)C4)ncc2-n2ccnc2-3)cc1. The first-order valence-corrected chi connectivity index (χ1v) is 11.4. The Labute approximate surface area is 191 Å². The average Bonchev–Trinajstić information content (AvgIpc) is 3.56. The Morgan fingerprint density at radius 2 is 1.94 bits per heavy atom. The standard InChI is InChI=1S/C26H23N7/c27-11-18-1-3-19(4-2-18)20-9-22-25-29-6-8-33(25)23-12-30-24(10-21(23)14-32(22)13-20)31-7-5-26(17-31)15-28-16-26/h1-4,6,8-10,12-13,28H,5,7,14-17H2. The van der Waals surface area contributed by atoms with Crippen LogP contribution in [0.15, 0.2) is 61.2 Å². The summed E-state index contributed by atoms with van der Waals surface area (Å²) in [6.07, 6.45) is 9.30. The highest BCUT2D eigenvalue weighted by molar-refractivity contribution is 5.72. The van der Waals surface area contributed by atoms with E-state index in [4.69, 9.17) is 10.2 Å². The number of nitriles is 1. The van der Waals surface area contributed by atoms with Crippen molar-refractivity contribution in [1.82, 2.24) is 24.4 Å². The van der Waals surface area contributed by atoms with E-state index < -0.39 is 0 Å². The number of rotatable bonds is 2. The van der Waals surface area contributed by atoms with Crippen LogP contribution in [0.5, 0.6) is 0 Å². The zero-order chi connectivity index (χ0) is 22.0. The maximum atomic E-state index is 9.11. The lowest BCUT2D eigenvalue weighted by atomic mass is 9.81. The fourth-order valence-corrected chi connectivity index (χ4v) is 5.49. The number of imidazole rings is 1. The zero-order valence-corrected chi connectivity index (χ0v) is 18.2. The number of hydrogen-bond acceptors (Lipinski definition) is 5. The molecule has 1 spiro atoms. The number of benzene rings is 1. The molecule has 7 rings (SSSR count). The van der Waals surface area contributed by atoms with E-state index in [1.807, 2.05) is 42.9 Å². The largest absolute Gasteiger partial charge is 0.356 e. The maximum Gasteiger partial charge on any atom is 0.161 e. The van der Waals surface area contributed by atoms with Gasteiger partial charge in [0.25, 0.3) is 0 Å². The lowest BCUT2D eigenvalue weighted by Gasteiger charge is -2.39. The Balaban J connectivity index is 1.29. The van der Waals surface area contributed by atoms with Gasteiger partial charge in [-0.2, -0.15) is 5.26 Å². The third-order valence-electron chi connectivity index (χ3n) is 7.43. The smallest absolute Gasteiger partial charge is 0.161 e. The van der Waals surface area contributed by atoms with Crippen molar-refractivity contribution in [1.29, 1.82) is 5.26 Å². The Hall–Kier alpha value is -3.89. The molecule has 0 radical (unpaired) electrons. The molecule has 7 heteroatoms. The molecule has 3 aromatic heterocycles. The van der Waals surface area contributed by atoms with E-state index >= 15 is 0 Å². The highest BCUT2D eigenvalue weighted by Gasteiger charge is 2.43. The summed E-state index contributed by atoms with van der Waals surface area (Å²) in [6, 6.07) is 14.4. The van der Waals surface area contributed by atoms with Crippen LogP contribution < -0.4 is 10.2 Å². The first kappa shape index (κ1) is 18.7. The van der Waals surface area contributed by atoms with E-state index in [9.17, 15) is 0 Å². The van der Waals surface area contributed by atoms with Crippen LogP contribution in [0.4, 0.5) is 5.82 Å². The highest BCUT2D eigenvalue weighted by atomic mass is 15.2. The van der Waals surface area contributed by atoms with Crippen molar-refractivity contribution in [3.63, 3.8) is 0 Å². The van der Waals surface area contributed by atoms with Gasteiger partial charge in [0.1, 0.15) is 5.82 Å². The fourth-order valence-electron chi connectivity index (χ4n) is 5.49. The maximum absolute atomic E-state index is 9.11. The number of anilines is 1. The number of nitrogens with zero attached hydrogens (tertiary/aromatic N) is 6. The monoisotopic (exact) mass is 433 g/mol. The lowest BCUT2D eigenvalue weighted by molar-refractivity contribution is 0.199. The summed E-state index contributed by atoms with van der Waals surface area (Å²) >= 11 is 0. The number of aromatic nitrogens is 4. The van der Waals surface area contributed by atoms with Crippen LogP contribution in [0, 0.1) is 16.7 Å². The van der Waals surface area contributed by atoms with Gasteiger partial charge in [0.05, 0.1) is 29.2 Å². The molecular weight excluding hydrogens is 410 g/mol. The molecule has 1 N–H and O–H groups in total. The zero-order valence-electron chi connectivity index (χ0n) is 18.2. The summed E-state index contributed by atoms with van der Waals surface area (Å²) < 4.78 is 4.43. The predicted molar refractivity (Wildman–Crippen MR) is 126 cm³/mol. The lowest BCUT2D eigenvalue weighted by Crippen LogP contribution is -2.54. The molecule has 0 bridgehead atoms. The van der Waals surface area contributed by atoms with E-state index in [1.165, 1.54) is 12.0 Å². The number of fused-ring (bicyclic) bond motifs is 5. The van der Waals surface area contributed by atoms with Crippen LogP contribution in [0.1, 0.15) is 17.5 Å². The summed E-state index contributed by atoms with van der Waals surface area (Å²) in [4.78, 5) is 12.0. The Morgan fingerprint density at radius 3 is 2.70 bits per heavy atom. The quantitative estimate of drug-likeness (QED) is 0.462. The van der Waals surface area contributed by atoms with Crippen molar-refractivity contribution in [3.05, 3.63) is 72.3 Å². The molecule has 0 saturated carbocycles. The van der Waals surface area contributed by atoms with Crippen LogP contribution in [0.2, 0.25) is 0 Å². The van der Waals surface area contributed by atoms with Gasteiger partial charge in [-0.3, -0.25) is 4.57 Å². The van der Waals surface area contributed by atoms with Crippen LogP contribution in [-0.2, 0) is 6.54 Å². The van der Waals surface area contributed by atoms with E-state index in [0.717, 1.165) is 66.9 Å². The van der Waals surface area contributed by atoms with Crippen LogP contribution in [0.25, 0.3) is 28.3 Å². The first-order chi connectivity index (χ1) is 16.2. The summed E-state index contributed by atoms with van der Waals surface area (Å²) in [5.41, 5.74) is 6.75. The molecular formula is C26H23N7. The van der Waals surface area contributed by atoms with Crippen molar-refractivity contribution in [3.8, 4) is 34.4 Å². The summed E-state index contributed by atoms with van der Waals surface area (Å²) in [5.74, 6) is 1.99. The van der Waals surface area contributed by atoms with E-state index in [2.05, 4.69) is 48.7 Å². The number of pyridine rings is 1. The van der Waals surface area contributed by atoms with Gasteiger partial charge in [0.15, 0.2) is 5.82 Å². The van der Waals surface area contributed by atoms with Gasteiger partial charge in [0.2, 0.25) is 0 Å². The number of nitrogens with one attached hydrogen (secondary N) is 1. The predicted octanol–water partition coefficient (Wildman–Crippen LogP) is 3.44. The minimum absolute atomic E-state index is 0.440. The molecule has 0 atom stereocenters. The van der Waals surface area contributed by atoms with Gasteiger partial charge < -0.3 is 14.8 Å². The third-order valence-corrected chi connectivity index (χ3v) is 7.43. The molecule has 0 aliphatic carbocycles. The fraction of sp³-hybridized carbons (Fsp3) is 0.269. The van der Waals surface area contributed by atoms with E-state index in [0.29, 0.717) is 11.0 Å². The molecule has 1 aromatic carbocycles. The molecule has 6 heterocycles. The molecule has 7 nitrogen and oxygen atoms in total. The van der Waals surface area contributed by atoms with Crippen molar-refractivity contribution in [2.75, 3.05) is 31.1 Å². The topological polar surface area (TPSA) is 74.7 Å². The van der Waals surface area contributed by atoms with Crippen LogP contribution in [-0.4, -0.2) is 45.3 Å². The Kier molecular flexibility index (Phi) is 3.85. The van der Waals surface area contributed by atoms with Gasteiger partial charge in [-0.05, 0) is 36.2 Å². The van der Waals surface area contributed by atoms with Gasteiger partial charge in [-0.25, -0.2) is 9.97 Å². The highest BCUT2D eigenvalue weighted by Crippen LogP contribution is 2.38. The molecule has 0 amide bonds. The van der Waals surface area contributed by atoms with E-state index in [-0.39, 0.29) is 0 Å². The molecule has 3 aliphatic heterocycles. The molecule has 2 fully saturated rings.